The van der Waals surface area contributed by atoms with Gasteiger partial charge in [-0.05, 0) is 38.0 Å². The zero-order chi connectivity index (χ0) is 14.8. The maximum absolute atomic E-state index is 12.3. The highest BCUT2D eigenvalue weighted by molar-refractivity contribution is 6.01. The zero-order valence-corrected chi connectivity index (χ0v) is 12.7. The maximum atomic E-state index is 12.3. The van der Waals surface area contributed by atoms with Gasteiger partial charge in [-0.15, -0.1) is 0 Å². The van der Waals surface area contributed by atoms with Gasteiger partial charge in [0.1, 0.15) is 0 Å². The highest BCUT2D eigenvalue weighted by Crippen LogP contribution is 2.60. The number of esters is 2. The van der Waals surface area contributed by atoms with Gasteiger partial charge in [-0.25, -0.2) is 0 Å². The van der Waals surface area contributed by atoms with E-state index >= 15 is 0 Å². The summed E-state index contributed by atoms with van der Waals surface area (Å²) < 4.78 is 9.84. The minimum absolute atomic E-state index is 0.00458. The van der Waals surface area contributed by atoms with E-state index in [1.807, 2.05) is 6.92 Å². The third kappa shape index (κ3) is 2.15. The number of allylic oxidation sites excluding steroid dienone is 2. The summed E-state index contributed by atoms with van der Waals surface area (Å²) in [5.74, 6) is -0.905. The SMILES string of the molecule is C/C=C1/CC(C(=O)OC)(C(=O)OC)CC12CCCCC2. The van der Waals surface area contributed by atoms with E-state index in [0.717, 1.165) is 25.7 Å². The Balaban J connectivity index is 2.42. The fourth-order valence-electron chi connectivity index (χ4n) is 4.16. The van der Waals surface area contributed by atoms with Gasteiger partial charge in [0.05, 0.1) is 14.2 Å². The standard InChI is InChI=1S/C16H24O4/c1-4-12-10-16(13(17)19-2,14(18)20-3)11-15(12)8-6-5-7-9-15/h4H,5-11H2,1-3H3/b12-4-. The van der Waals surface area contributed by atoms with Crippen molar-refractivity contribution in [3.05, 3.63) is 11.6 Å². The van der Waals surface area contributed by atoms with Crippen LogP contribution in [0.25, 0.3) is 0 Å². The smallest absolute Gasteiger partial charge is 0.323 e. The van der Waals surface area contributed by atoms with Crippen molar-refractivity contribution >= 4 is 11.9 Å². The molecule has 0 amide bonds. The third-order valence-electron chi connectivity index (χ3n) is 5.12. The van der Waals surface area contributed by atoms with Crippen LogP contribution in [0.3, 0.4) is 0 Å². The van der Waals surface area contributed by atoms with E-state index in [2.05, 4.69) is 6.08 Å². The first-order chi connectivity index (χ1) is 9.54. The second-order valence-corrected chi connectivity index (χ2v) is 6.07. The third-order valence-corrected chi connectivity index (χ3v) is 5.12. The summed E-state index contributed by atoms with van der Waals surface area (Å²) in [5.41, 5.74) is 0.0888. The van der Waals surface area contributed by atoms with Crippen LogP contribution < -0.4 is 0 Å². The summed E-state index contributed by atoms with van der Waals surface area (Å²) in [4.78, 5) is 24.5. The molecule has 0 aliphatic heterocycles. The minimum Gasteiger partial charge on any atom is -0.468 e. The Morgan fingerprint density at radius 2 is 1.60 bits per heavy atom. The number of rotatable bonds is 2. The van der Waals surface area contributed by atoms with E-state index in [0.29, 0.717) is 12.8 Å². The first kappa shape index (κ1) is 15.1. The molecule has 0 N–H and O–H groups in total. The van der Waals surface area contributed by atoms with Crippen molar-refractivity contribution < 1.29 is 19.1 Å². The molecule has 0 radical (unpaired) electrons. The van der Waals surface area contributed by atoms with Crippen molar-refractivity contribution in [2.45, 2.75) is 51.9 Å². The molecular formula is C16H24O4. The highest BCUT2D eigenvalue weighted by Gasteiger charge is 2.60. The average Bonchev–Trinajstić information content (AvgIpc) is 2.81. The van der Waals surface area contributed by atoms with Gasteiger partial charge in [-0.2, -0.15) is 0 Å². The summed E-state index contributed by atoms with van der Waals surface area (Å²) in [6.07, 6.45) is 8.75. The first-order valence-electron chi connectivity index (χ1n) is 7.37. The van der Waals surface area contributed by atoms with E-state index in [4.69, 9.17) is 9.47 Å². The molecule has 2 fully saturated rings. The van der Waals surface area contributed by atoms with Gasteiger partial charge in [0.2, 0.25) is 0 Å². The number of hydrogen-bond donors (Lipinski definition) is 0. The monoisotopic (exact) mass is 280 g/mol. The normalized spacial score (nSPS) is 25.6. The van der Waals surface area contributed by atoms with Gasteiger partial charge in [-0.3, -0.25) is 9.59 Å². The molecule has 0 bridgehead atoms. The van der Waals surface area contributed by atoms with Crippen LogP contribution in [-0.2, 0) is 19.1 Å². The molecule has 4 heteroatoms. The van der Waals surface area contributed by atoms with Crippen LogP contribution in [0.5, 0.6) is 0 Å². The lowest BCUT2D eigenvalue weighted by Crippen LogP contribution is -2.40. The van der Waals surface area contributed by atoms with Gasteiger partial charge < -0.3 is 9.47 Å². The molecule has 0 aromatic rings. The number of hydrogen-bond acceptors (Lipinski definition) is 4. The Bertz CT molecular complexity index is 414. The van der Waals surface area contributed by atoms with Crippen molar-refractivity contribution in [2.75, 3.05) is 14.2 Å². The Morgan fingerprint density at radius 1 is 1.05 bits per heavy atom. The van der Waals surface area contributed by atoms with E-state index in [1.54, 1.807) is 0 Å². The van der Waals surface area contributed by atoms with Crippen molar-refractivity contribution in [3.8, 4) is 0 Å². The predicted molar refractivity (Wildman–Crippen MR) is 75.0 cm³/mol. The molecule has 0 saturated heterocycles. The quantitative estimate of drug-likeness (QED) is 0.443. The average molecular weight is 280 g/mol. The van der Waals surface area contributed by atoms with Crippen LogP contribution in [0.15, 0.2) is 11.6 Å². The van der Waals surface area contributed by atoms with Gasteiger partial charge in [0.25, 0.3) is 0 Å². The molecule has 20 heavy (non-hydrogen) atoms. The van der Waals surface area contributed by atoms with Crippen molar-refractivity contribution in [2.24, 2.45) is 10.8 Å². The Morgan fingerprint density at radius 3 is 2.05 bits per heavy atom. The molecular weight excluding hydrogens is 256 g/mol. The van der Waals surface area contributed by atoms with Crippen LogP contribution in [-0.4, -0.2) is 26.2 Å². The molecule has 0 atom stereocenters. The summed E-state index contributed by atoms with van der Waals surface area (Å²) in [6.45, 7) is 2.00. The molecule has 0 aromatic carbocycles. The Hall–Kier alpha value is -1.32. The van der Waals surface area contributed by atoms with E-state index in [1.165, 1.54) is 26.2 Å². The fraction of sp³-hybridized carbons (Fsp3) is 0.750. The zero-order valence-electron chi connectivity index (χ0n) is 12.7. The summed E-state index contributed by atoms with van der Waals surface area (Å²) in [6, 6.07) is 0. The van der Waals surface area contributed by atoms with E-state index < -0.39 is 17.4 Å². The molecule has 0 aromatic heterocycles. The van der Waals surface area contributed by atoms with E-state index in [9.17, 15) is 9.59 Å². The van der Waals surface area contributed by atoms with Gasteiger partial charge in [0.15, 0.2) is 5.41 Å². The lowest BCUT2D eigenvalue weighted by Gasteiger charge is -2.36. The summed E-state index contributed by atoms with van der Waals surface area (Å²) in [5, 5.41) is 0. The number of carbonyl (C=O) groups excluding carboxylic acids is 2. The molecule has 112 valence electrons. The van der Waals surface area contributed by atoms with Crippen LogP contribution in [0.4, 0.5) is 0 Å². The molecule has 0 unspecified atom stereocenters. The fourth-order valence-corrected chi connectivity index (χ4v) is 4.16. The molecule has 2 aliphatic rings. The molecule has 2 saturated carbocycles. The molecule has 0 heterocycles. The number of methoxy groups -OCH3 is 2. The second-order valence-electron chi connectivity index (χ2n) is 6.07. The summed E-state index contributed by atoms with van der Waals surface area (Å²) in [7, 11) is 2.68. The van der Waals surface area contributed by atoms with Crippen LogP contribution >= 0.6 is 0 Å². The van der Waals surface area contributed by atoms with Crippen molar-refractivity contribution in [3.63, 3.8) is 0 Å². The highest BCUT2D eigenvalue weighted by atomic mass is 16.5. The molecule has 2 aliphatic carbocycles. The first-order valence-corrected chi connectivity index (χ1v) is 7.37. The molecule has 4 nitrogen and oxygen atoms in total. The Kier molecular flexibility index (Phi) is 4.21. The van der Waals surface area contributed by atoms with E-state index in [-0.39, 0.29) is 5.41 Å². The lowest BCUT2D eigenvalue weighted by molar-refractivity contribution is -0.169. The largest absolute Gasteiger partial charge is 0.468 e. The summed E-state index contributed by atoms with van der Waals surface area (Å²) >= 11 is 0. The van der Waals surface area contributed by atoms with Gasteiger partial charge in [0, 0.05) is 0 Å². The van der Waals surface area contributed by atoms with Gasteiger partial charge >= 0.3 is 11.9 Å². The number of ether oxygens (including phenoxy) is 2. The van der Waals surface area contributed by atoms with Crippen LogP contribution in [0.1, 0.15) is 51.9 Å². The van der Waals surface area contributed by atoms with Crippen LogP contribution in [0, 0.1) is 10.8 Å². The topological polar surface area (TPSA) is 52.6 Å². The predicted octanol–water partition coefficient (Wildman–Crippen LogP) is 3.01. The minimum atomic E-state index is -1.14. The molecule has 1 spiro atoms. The van der Waals surface area contributed by atoms with Gasteiger partial charge in [-0.1, -0.05) is 30.9 Å². The second kappa shape index (κ2) is 5.58. The maximum Gasteiger partial charge on any atom is 0.323 e. The lowest BCUT2D eigenvalue weighted by atomic mass is 9.69. The Labute approximate surface area is 120 Å². The molecule has 2 rings (SSSR count). The van der Waals surface area contributed by atoms with Crippen molar-refractivity contribution in [1.82, 2.24) is 0 Å². The van der Waals surface area contributed by atoms with Crippen LogP contribution in [0.2, 0.25) is 0 Å². The number of carbonyl (C=O) groups is 2. The van der Waals surface area contributed by atoms with Crippen molar-refractivity contribution in [1.29, 1.82) is 0 Å².